The van der Waals surface area contributed by atoms with Crippen LogP contribution in [-0.2, 0) is 10.5 Å². The number of hydrogen-bond donors (Lipinski definition) is 1. The Balaban J connectivity index is 2.02. The van der Waals surface area contributed by atoms with Crippen LogP contribution in [0.15, 0.2) is 24.3 Å². The van der Waals surface area contributed by atoms with Crippen LogP contribution in [0.2, 0.25) is 0 Å². The summed E-state index contributed by atoms with van der Waals surface area (Å²) in [6, 6.07) is 7.96. The van der Waals surface area contributed by atoms with Crippen LogP contribution in [-0.4, -0.2) is 21.0 Å². The second-order valence-electron chi connectivity index (χ2n) is 3.17. The fourth-order valence-corrected chi connectivity index (χ4v) is 2.25. The number of aromatic amines is 1. The highest BCUT2D eigenvalue weighted by Gasteiger charge is 2.04. The van der Waals surface area contributed by atoms with Crippen LogP contribution in [0.1, 0.15) is 12.7 Å². The zero-order valence-electron chi connectivity index (χ0n) is 8.90. The minimum absolute atomic E-state index is 0.572. The molecule has 0 unspecified atom stereocenters. The number of imidazole rings is 1. The average Bonchev–Trinajstić information content (AvgIpc) is 2.69. The Morgan fingerprint density at radius 3 is 3.06 bits per heavy atom. The summed E-state index contributed by atoms with van der Waals surface area (Å²) in [7, 11) is 0. The van der Waals surface area contributed by atoms with Crippen LogP contribution in [0.5, 0.6) is 0 Å². The molecule has 0 saturated carbocycles. The topological polar surface area (TPSA) is 37.9 Å². The molecule has 0 spiro atoms. The third kappa shape index (κ3) is 2.74. The third-order valence-electron chi connectivity index (χ3n) is 2.03. The van der Waals surface area contributed by atoms with Gasteiger partial charge in [-0.2, -0.15) is 0 Å². The number of H-pyrrole nitrogens is 1. The maximum Gasteiger partial charge on any atom is 0.220 e. The molecule has 0 saturated heterocycles. The Morgan fingerprint density at radius 1 is 1.50 bits per heavy atom. The van der Waals surface area contributed by atoms with E-state index in [0.29, 0.717) is 16.7 Å². The van der Waals surface area contributed by atoms with Gasteiger partial charge >= 0.3 is 0 Å². The summed E-state index contributed by atoms with van der Waals surface area (Å²) in [6.45, 7) is 2.54. The van der Waals surface area contributed by atoms with Crippen LogP contribution in [0, 0.1) is 0 Å². The number of hydrogen-bond acceptors (Lipinski definition) is 4. The SMILES string of the molecule is CCOC(=S)SCc1nc2ccccc2[nH]1. The molecule has 0 atom stereocenters. The Morgan fingerprint density at radius 2 is 2.31 bits per heavy atom. The standard InChI is InChI=1S/C11H12N2OS2/c1-2-14-11(15)16-7-10-12-8-5-3-4-6-9(8)13-10/h3-6H,2,7H2,1H3,(H,12,13). The first-order valence-corrected chi connectivity index (χ1v) is 6.42. The molecule has 0 amide bonds. The summed E-state index contributed by atoms with van der Waals surface area (Å²) in [5, 5.41) is 0. The van der Waals surface area contributed by atoms with E-state index in [1.54, 1.807) is 0 Å². The van der Waals surface area contributed by atoms with Crippen LogP contribution < -0.4 is 0 Å². The maximum atomic E-state index is 5.19. The number of thioether (sulfide) groups is 1. The van der Waals surface area contributed by atoms with Gasteiger partial charge in [-0.3, -0.25) is 0 Å². The molecule has 5 heteroatoms. The number of ether oxygens (including phenoxy) is 1. The van der Waals surface area contributed by atoms with Gasteiger partial charge in [0.15, 0.2) is 0 Å². The highest BCUT2D eigenvalue weighted by molar-refractivity contribution is 8.22. The van der Waals surface area contributed by atoms with Crippen molar-refractivity contribution in [1.29, 1.82) is 0 Å². The molecular formula is C11H12N2OS2. The fourth-order valence-electron chi connectivity index (χ4n) is 1.36. The number of aromatic nitrogens is 2. The maximum absolute atomic E-state index is 5.19. The minimum Gasteiger partial charge on any atom is -0.479 e. The van der Waals surface area contributed by atoms with E-state index < -0.39 is 0 Å². The first-order chi connectivity index (χ1) is 7.79. The predicted octanol–water partition coefficient (Wildman–Crippen LogP) is 3.12. The van der Waals surface area contributed by atoms with Gasteiger partial charge in [0.2, 0.25) is 4.38 Å². The minimum atomic E-state index is 0.572. The van der Waals surface area contributed by atoms with Crippen LogP contribution in [0.25, 0.3) is 11.0 Å². The van der Waals surface area contributed by atoms with Crippen molar-refractivity contribution in [2.75, 3.05) is 6.61 Å². The van der Waals surface area contributed by atoms with E-state index in [1.165, 1.54) is 11.8 Å². The lowest BCUT2D eigenvalue weighted by molar-refractivity contribution is 0.346. The van der Waals surface area contributed by atoms with Gasteiger partial charge in [0.1, 0.15) is 5.82 Å². The first kappa shape index (κ1) is 11.4. The van der Waals surface area contributed by atoms with E-state index in [-0.39, 0.29) is 0 Å². The molecule has 2 rings (SSSR count). The molecule has 3 nitrogen and oxygen atoms in total. The van der Waals surface area contributed by atoms with Crippen molar-refractivity contribution < 1.29 is 4.74 Å². The van der Waals surface area contributed by atoms with Gasteiger partial charge in [-0.05, 0) is 31.3 Å². The molecule has 2 aromatic rings. The fraction of sp³-hybridized carbons (Fsp3) is 0.273. The van der Waals surface area contributed by atoms with E-state index in [9.17, 15) is 0 Å². The number of para-hydroxylation sites is 2. The summed E-state index contributed by atoms with van der Waals surface area (Å²) in [5.74, 6) is 1.64. The van der Waals surface area contributed by atoms with E-state index in [2.05, 4.69) is 9.97 Å². The second kappa shape index (κ2) is 5.32. The Kier molecular flexibility index (Phi) is 3.79. The number of fused-ring (bicyclic) bond motifs is 1. The van der Waals surface area contributed by atoms with Crippen molar-refractivity contribution in [3.8, 4) is 0 Å². The average molecular weight is 252 g/mol. The molecule has 0 aliphatic heterocycles. The molecule has 0 aliphatic carbocycles. The number of rotatable bonds is 3. The first-order valence-electron chi connectivity index (χ1n) is 5.02. The van der Waals surface area contributed by atoms with Crippen molar-refractivity contribution >= 4 is 39.4 Å². The van der Waals surface area contributed by atoms with Crippen molar-refractivity contribution in [3.63, 3.8) is 0 Å². The Labute approximate surface area is 104 Å². The van der Waals surface area contributed by atoms with Gasteiger partial charge in [-0.1, -0.05) is 23.9 Å². The zero-order valence-corrected chi connectivity index (χ0v) is 10.5. The van der Waals surface area contributed by atoms with Crippen LogP contribution in [0.3, 0.4) is 0 Å². The van der Waals surface area contributed by atoms with Gasteiger partial charge in [0, 0.05) is 0 Å². The molecular weight excluding hydrogens is 240 g/mol. The summed E-state index contributed by atoms with van der Waals surface area (Å²) < 4.78 is 5.76. The number of nitrogens with one attached hydrogen (secondary N) is 1. The molecule has 1 heterocycles. The summed E-state index contributed by atoms with van der Waals surface area (Å²) in [5.41, 5.74) is 2.04. The third-order valence-corrected chi connectivity index (χ3v) is 3.27. The van der Waals surface area contributed by atoms with Gasteiger partial charge in [0.25, 0.3) is 0 Å². The Bertz CT molecular complexity index is 462. The molecule has 0 aliphatic rings. The van der Waals surface area contributed by atoms with Crippen molar-refractivity contribution in [2.45, 2.75) is 12.7 Å². The van der Waals surface area contributed by atoms with Gasteiger partial charge in [-0.25, -0.2) is 4.98 Å². The van der Waals surface area contributed by atoms with Gasteiger partial charge in [-0.15, -0.1) is 0 Å². The molecule has 1 aromatic heterocycles. The highest BCUT2D eigenvalue weighted by Crippen LogP contribution is 2.16. The lowest BCUT2D eigenvalue weighted by Crippen LogP contribution is -1.96. The van der Waals surface area contributed by atoms with E-state index in [0.717, 1.165) is 16.9 Å². The van der Waals surface area contributed by atoms with E-state index >= 15 is 0 Å². The molecule has 1 aromatic carbocycles. The lowest BCUT2D eigenvalue weighted by atomic mass is 10.3. The van der Waals surface area contributed by atoms with Crippen molar-refractivity contribution in [1.82, 2.24) is 9.97 Å². The van der Waals surface area contributed by atoms with Crippen LogP contribution in [0.4, 0.5) is 0 Å². The molecule has 0 fully saturated rings. The molecule has 1 N–H and O–H groups in total. The monoisotopic (exact) mass is 252 g/mol. The normalized spacial score (nSPS) is 10.6. The summed E-state index contributed by atoms with van der Waals surface area (Å²) in [4.78, 5) is 7.70. The highest BCUT2D eigenvalue weighted by atomic mass is 32.2. The second-order valence-corrected chi connectivity index (χ2v) is 4.75. The largest absolute Gasteiger partial charge is 0.479 e. The molecule has 16 heavy (non-hydrogen) atoms. The molecule has 84 valence electrons. The smallest absolute Gasteiger partial charge is 0.220 e. The molecule has 0 bridgehead atoms. The Hall–Kier alpha value is -1.07. The van der Waals surface area contributed by atoms with Crippen LogP contribution >= 0.6 is 24.0 Å². The van der Waals surface area contributed by atoms with Crippen molar-refractivity contribution in [3.05, 3.63) is 30.1 Å². The van der Waals surface area contributed by atoms with E-state index in [1.807, 2.05) is 31.2 Å². The van der Waals surface area contributed by atoms with E-state index in [4.69, 9.17) is 17.0 Å². The van der Waals surface area contributed by atoms with Gasteiger partial charge < -0.3 is 9.72 Å². The quantitative estimate of drug-likeness (QED) is 0.852. The zero-order chi connectivity index (χ0) is 11.4. The predicted molar refractivity (Wildman–Crippen MR) is 71.6 cm³/mol. The number of thiocarbonyl (C=S) groups is 1. The summed E-state index contributed by atoms with van der Waals surface area (Å²) in [6.07, 6.45) is 0. The van der Waals surface area contributed by atoms with Gasteiger partial charge in [0.05, 0.1) is 23.4 Å². The van der Waals surface area contributed by atoms with Crippen molar-refractivity contribution in [2.24, 2.45) is 0 Å². The molecule has 0 radical (unpaired) electrons. The summed E-state index contributed by atoms with van der Waals surface area (Å²) >= 11 is 6.52. The number of benzene rings is 1. The number of nitrogens with zero attached hydrogens (tertiary/aromatic N) is 1. The lowest BCUT2D eigenvalue weighted by Gasteiger charge is -2.01.